The van der Waals surface area contributed by atoms with Crippen molar-refractivity contribution in [1.82, 2.24) is 9.80 Å². The molecule has 1 saturated heterocycles. The van der Waals surface area contributed by atoms with Gasteiger partial charge >= 0.3 is 0 Å². The monoisotopic (exact) mass is 346 g/mol. The summed E-state index contributed by atoms with van der Waals surface area (Å²) in [6, 6.07) is 7.99. The zero-order valence-electron chi connectivity index (χ0n) is 15.8. The van der Waals surface area contributed by atoms with E-state index in [-0.39, 0.29) is 24.4 Å². The molecule has 0 spiro atoms. The number of nitrogens with zero attached hydrogens (tertiary/aromatic N) is 3. The van der Waals surface area contributed by atoms with E-state index in [0.717, 1.165) is 38.3 Å². The Labute approximate surface area is 150 Å². The molecule has 1 aromatic carbocycles. The standard InChI is InChI=1S/C19H30N4O2/c1-5-15(2)23(16(3)24)14-19(25)20-17-6-8-18(9-7-17)22-12-10-21(4)11-13-22/h6-9,15H,5,10-14H2,1-4H3,(H,20,25). The van der Waals surface area contributed by atoms with Gasteiger partial charge in [0.2, 0.25) is 11.8 Å². The first-order chi connectivity index (χ1) is 11.9. The van der Waals surface area contributed by atoms with E-state index in [1.807, 2.05) is 38.1 Å². The molecule has 2 amide bonds. The molecule has 0 aliphatic carbocycles. The van der Waals surface area contributed by atoms with Gasteiger partial charge in [-0.25, -0.2) is 0 Å². The fourth-order valence-corrected chi connectivity index (χ4v) is 2.97. The van der Waals surface area contributed by atoms with Crippen molar-refractivity contribution in [3.8, 4) is 0 Å². The smallest absolute Gasteiger partial charge is 0.244 e. The molecular formula is C19H30N4O2. The molecule has 6 heteroatoms. The molecule has 1 N–H and O–H groups in total. The van der Waals surface area contributed by atoms with Gasteiger partial charge in [0.25, 0.3) is 0 Å². The summed E-state index contributed by atoms with van der Waals surface area (Å²) in [7, 11) is 2.14. The van der Waals surface area contributed by atoms with E-state index in [0.29, 0.717) is 0 Å². The molecule has 1 atom stereocenters. The van der Waals surface area contributed by atoms with Crippen LogP contribution in [0.25, 0.3) is 0 Å². The van der Waals surface area contributed by atoms with Crippen LogP contribution in [0.2, 0.25) is 0 Å². The first kappa shape index (κ1) is 19.2. The Balaban J connectivity index is 1.91. The summed E-state index contributed by atoms with van der Waals surface area (Å²) in [5.41, 5.74) is 1.94. The van der Waals surface area contributed by atoms with Gasteiger partial charge in [-0.1, -0.05) is 6.92 Å². The predicted octanol–water partition coefficient (Wildman–Crippen LogP) is 2.02. The topological polar surface area (TPSA) is 55.9 Å². The molecule has 1 fully saturated rings. The van der Waals surface area contributed by atoms with Gasteiger partial charge in [0.1, 0.15) is 6.54 Å². The van der Waals surface area contributed by atoms with Crippen LogP contribution in [0, 0.1) is 0 Å². The summed E-state index contributed by atoms with van der Waals surface area (Å²) in [5.74, 6) is -0.238. The molecule has 1 unspecified atom stereocenters. The van der Waals surface area contributed by atoms with E-state index in [4.69, 9.17) is 0 Å². The number of amides is 2. The lowest BCUT2D eigenvalue weighted by Gasteiger charge is -2.34. The lowest BCUT2D eigenvalue weighted by atomic mass is 10.2. The molecule has 0 radical (unpaired) electrons. The highest BCUT2D eigenvalue weighted by atomic mass is 16.2. The molecule has 6 nitrogen and oxygen atoms in total. The quantitative estimate of drug-likeness (QED) is 0.856. The lowest BCUT2D eigenvalue weighted by molar-refractivity contribution is -0.134. The van der Waals surface area contributed by atoms with Crippen LogP contribution >= 0.6 is 0 Å². The molecule has 2 rings (SSSR count). The molecule has 25 heavy (non-hydrogen) atoms. The maximum Gasteiger partial charge on any atom is 0.244 e. The summed E-state index contributed by atoms with van der Waals surface area (Å²) in [4.78, 5) is 30.2. The third-order valence-electron chi connectivity index (χ3n) is 4.86. The number of nitrogens with one attached hydrogen (secondary N) is 1. The van der Waals surface area contributed by atoms with E-state index in [9.17, 15) is 9.59 Å². The van der Waals surface area contributed by atoms with Crippen molar-refractivity contribution in [2.45, 2.75) is 33.2 Å². The molecule has 138 valence electrons. The summed E-state index contributed by atoms with van der Waals surface area (Å²) >= 11 is 0. The number of carbonyl (C=O) groups is 2. The van der Waals surface area contributed by atoms with Gasteiger partial charge in [0.05, 0.1) is 0 Å². The van der Waals surface area contributed by atoms with Gasteiger partial charge in [0, 0.05) is 50.5 Å². The number of hydrogen-bond acceptors (Lipinski definition) is 4. The van der Waals surface area contributed by atoms with Gasteiger partial charge in [0.15, 0.2) is 0 Å². The number of piperazine rings is 1. The zero-order chi connectivity index (χ0) is 18.4. The van der Waals surface area contributed by atoms with Crippen LogP contribution in [0.4, 0.5) is 11.4 Å². The van der Waals surface area contributed by atoms with Gasteiger partial charge in [-0.2, -0.15) is 0 Å². The zero-order valence-corrected chi connectivity index (χ0v) is 15.8. The second-order valence-electron chi connectivity index (χ2n) is 6.79. The number of rotatable bonds is 6. The number of likely N-dealkylation sites (N-methyl/N-ethyl adjacent to an activating group) is 1. The maximum absolute atomic E-state index is 12.2. The van der Waals surface area contributed by atoms with Crippen LogP contribution in [0.5, 0.6) is 0 Å². The van der Waals surface area contributed by atoms with Gasteiger partial charge in [-0.05, 0) is 44.7 Å². The fraction of sp³-hybridized carbons (Fsp3) is 0.579. The molecule has 1 aromatic rings. The number of anilines is 2. The predicted molar refractivity (Wildman–Crippen MR) is 102 cm³/mol. The van der Waals surface area contributed by atoms with Gasteiger partial charge in [-0.3, -0.25) is 9.59 Å². The third kappa shape index (κ3) is 5.46. The summed E-state index contributed by atoms with van der Waals surface area (Å²) < 4.78 is 0. The highest BCUT2D eigenvalue weighted by molar-refractivity contribution is 5.94. The number of hydrogen-bond donors (Lipinski definition) is 1. The van der Waals surface area contributed by atoms with Crippen LogP contribution in [-0.2, 0) is 9.59 Å². The third-order valence-corrected chi connectivity index (χ3v) is 4.86. The summed E-state index contributed by atoms with van der Waals surface area (Å²) in [6.45, 7) is 9.73. The molecule has 1 aliphatic rings. The lowest BCUT2D eigenvalue weighted by Crippen LogP contribution is -2.44. The first-order valence-corrected chi connectivity index (χ1v) is 9.01. The van der Waals surface area contributed by atoms with Crippen molar-refractivity contribution in [1.29, 1.82) is 0 Å². The van der Waals surface area contributed by atoms with Crippen LogP contribution in [-0.4, -0.2) is 67.4 Å². The highest BCUT2D eigenvalue weighted by Crippen LogP contribution is 2.19. The summed E-state index contributed by atoms with van der Waals surface area (Å²) in [5, 5.41) is 2.88. The average molecular weight is 346 g/mol. The molecular weight excluding hydrogens is 316 g/mol. The minimum Gasteiger partial charge on any atom is -0.369 e. The molecule has 0 aromatic heterocycles. The van der Waals surface area contributed by atoms with E-state index in [2.05, 4.69) is 22.2 Å². The number of carbonyl (C=O) groups excluding carboxylic acids is 2. The maximum atomic E-state index is 12.2. The van der Waals surface area contributed by atoms with Crippen molar-refractivity contribution in [2.24, 2.45) is 0 Å². The minimum atomic E-state index is -0.164. The summed E-state index contributed by atoms with van der Waals surface area (Å²) in [6.07, 6.45) is 0.826. The molecule has 1 aliphatic heterocycles. The molecule has 0 bridgehead atoms. The van der Waals surface area contributed by atoms with E-state index >= 15 is 0 Å². The fourth-order valence-electron chi connectivity index (χ4n) is 2.97. The second-order valence-corrected chi connectivity index (χ2v) is 6.79. The van der Waals surface area contributed by atoms with Crippen molar-refractivity contribution in [2.75, 3.05) is 50.0 Å². The largest absolute Gasteiger partial charge is 0.369 e. The average Bonchev–Trinajstić information content (AvgIpc) is 2.60. The first-order valence-electron chi connectivity index (χ1n) is 9.01. The van der Waals surface area contributed by atoms with Crippen molar-refractivity contribution < 1.29 is 9.59 Å². The van der Waals surface area contributed by atoms with Gasteiger partial charge in [-0.15, -0.1) is 0 Å². The van der Waals surface area contributed by atoms with Crippen LogP contribution in [0.3, 0.4) is 0 Å². The van der Waals surface area contributed by atoms with Crippen molar-refractivity contribution >= 4 is 23.2 Å². The van der Waals surface area contributed by atoms with Crippen LogP contribution in [0.15, 0.2) is 24.3 Å². The normalized spacial score (nSPS) is 16.4. The van der Waals surface area contributed by atoms with E-state index in [1.165, 1.54) is 12.6 Å². The SMILES string of the molecule is CCC(C)N(CC(=O)Nc1ccc(N2CCN(C)CC2)cc1)C(C)=O. The Kier molecular flexibility index (Phi) is 6.82. The Morgan fingerprint density at radius 3 is 2.28 bits per heavy atom. The highest BCUT2D eigenvalue weighted by Gasteiger charge is 2.19. The van der Waals surface area contributed by atoms with Crippen molar-refractivity contribution in [3.63, 3.8) is 0 Å². The van der Waals surface area contributed by atoms with E-state index < -0.39 is 0 Å². The van der Waals surface area contributed by atoms with Gasteiger partial charge < -0.3 is 20.0 Å². The van der Waals surface area contributed by atoms with Crippen molar-refractivity contribution in [3.05, 3.63) is 24.3 Å². The minimum absolute atomic E-state index is 0.0582. The Morgan fingerprint density at radius 2 is 1.76 bits per heavy atom. The van der Waals surface area contributed by atoms with Crippen LogP contribution in [0.1, 0.15) is 27.2 Å². The second kappa shape index (κ2) is 8.85. The van der Waals surface area contributed by atoms with Crippen LogP contribution < -0.4 is 10.2 Å². The molecule has 1 heterocycles. The Bertz CT molecular complexity index is 580. The Morgan fingerprint density at radius 1 is 1.16 bits per heavy atom. The van der Waals surface area contributed by atoms with E-state index in [1.54, 1.807) is 4.90 Å². The number of benzene rings is 1. The molecule has 0 saturated carbocycles. The Hall–Kier alpha value is -2.08.